The van der Waals surface area contributed by atoms with E-state index in [0.717, 1.165) is 0 Å². The average molecular weight is 466 g/mol. The lowest BCUT2D eigenvalue weighted by Crippen LogP contribution is -2.17. The van der Waals surface area contributed by atoms with Gasteiger partial charge in [-0.2, -0.15) is 0 Å². The average Bonchev–Trinajstić information content (AvgIpc) is 2.61. The van der Waals surface area contributed by atoms with Crippen molar-refractivity contribution < 1.29 is 14.3 Å². The molecule has 2 aromatic carbocycles. The highest BCUT2D eigenvalue weighted by atomic mass is 127. The topological polar surface area (TPSA) is 85.3 Å². The number of aliphatic hydroxyl groups is 1. The van der Waals surface area contributed by atoms with Gasteiger partial charge in [-0.15, -0.1) is 0 Å². The van der Waals surface area contributed by atoms with Gasteiger partial charge in [0.25, 0.3) is 0 Å². The van der Waals surface area contributed by atoms with Gasteiger partial charge >= 0.3 is 0 Å². The van der Waals surface area contributed by atoms with Gasteiger partial charge < -0.3 is 15.4 Å². The molecule has 26 heavy (non-hydrogen) atoms. The highest BCUT2D eigenvalue weighted by Crippen LogP contribution is 2.25. The summed E-state index contributed by atoms with van der Waals surface area (Å²) in [6.45, 7) is 0.0395. The lowest BCUT2D eigenvalue weighted by molar-refractivity contribution is 0.112. The Morgan fingerprint density at radius 3 is 2.77 bits per heavy atom. The Labute approximate surface area is 162 Å². The molecule has 0 saturated heterocycles. The number of benzene rings is 2. The Bertz CT molecular complexity index is 1060. The molecule has 7 heteroatoms. The van der Waals surface area contributed by atoms with Crippen LogP contribution in [0.25, 0.3) is 10.9 Å². The molecule has 0 spiro atoms. The van der Waals surface area contributed by atoms with Crippen LogP contribution < -0.4 is 11.2 Å². The third kappa shape index (κ3) is 3.36. The Hall–Kier alpha value is -2.26. The number of halogens is 2. The summed E-state index contributed by atoms with van der Waals surface area (Å²) in [5, 5.41) is 9.52. The minimum absolute atomic E-state index is 0.0112. The van der Waals surface area contributed by atoms with Crippen molar-refractivity contribution in [2.45, 2.75) is 13.0 Å². The third-order valence-electron chi connectivity index (χ3n) is 4.18. The van der Waals surface area contributed by atoms with Crippen LogP contribution in [-0.2, 0) is 13.0 Å². The maximum Gasteiger partial charge on any atom is 0.199 e. The first kappa shape index (κ1) is 18.5. The predicted octanol–water partition coefficient (Wildman–Crippen LogP) is 2.72. The van der Waals surface area contributed by atoms with Crippen LogP contribution in [0.15, 0.2) is 41.3 Å². The monoisotopic (exact) mass is 466 g/mol. The van der Waals surface area contributed by atoms with Gasteiger partial charge in [-0.1, -0.05) is 12.1 Å². The number of nitrogens with two attached hydrogens (primary N) is 1. The number of anilines is 1. The zero-order chi connectivity index (χ0) is 18.8. The number of pyridine rings is 1. The van der Waals surface area contributed by atoms with Gasteiger partial charge in [-0.25, -0.2) is 4.39 Å². The number of nitrogen functional groups attached to an aromatic ring is 1. The Kier molecular flexibility index (Phi) is 5.38. The molecule has 134 valence electrons. The van der Waals surface area contributed by atoms with E-state index in [1.165, 1.54) is 6.20 Å². The number of carbonyl (C=O) groups excluding carboxylic acids is 1. The van der Waals surface area contributed by atoms with Crippen molar-refractivity contribution in [1.29, 1.82) is 0 Å². The Morgan fingerprint density at radius 1 is 1.31 bits per heavy atom. The first-order chi connectivity index (χ1) is 12.5. The van der Waals surface area contributed by atoms with Crippen molar-refractivity contribution in [1.82, 2.24) is 4.57 Å². The molecule has 0 amide bonds. The molecule has 3 aromatic rings. The molecule has 1 aromatic heterocycles. The number of carbonyl (C=O) groups is 1. The van der Waals surface area contributed by atoms with Gasteiger partial charge in [-0.3, -0.25) is 9.59 Å². The van der Waals surface area contributed by atoms with Crippen LogP contribution in [0.4, 0.5) is 10.1 Å². The molecule has 0 saturated carbocycles. The van der Waals surface area contributed by atoms with E-state index in [9.17, 15) is 19.1 Å². The van der Waals surface area contributed by atoms with Gasteiger partial charge in [0.15, 0.2) is 11.7 Å². The van der Waals surface area contributed by atoms with Crippen LogP contribution in [0.5, 0.6) is 0 Å². The minimum atomic E-state index is -0.430. The van der Waals surface area contributed by atoms with Gasteiger partial charge in [0.2, 0.25) is 0 Å². The van der Waals surface area contributed by atoms with Gasteiger partial charge in [0.1, 0.15) is 5.82 Å². The largest absolute Gasteiger partial charge is 0.397 e. The number of fused-ring (bicyclic) bond motifs is 1. The van der Waals surface area contributed by atoms with Crippen LogP contribution in [0.2, 0.25) is 0 Å². The van der Waals surface area contributed by atoms with Crippen molar-refractivity contribution in [3.05, 3.63) is 72.8 Å². The van der Waals surface area contributed by atoms with Crippen LogP contribution in [0.1, 0.15) is 21.5 Å². The van der Waals surface area contributed by atoms with Crippen LogP contribution >= 0.6 is 22.6 Å². The number of rotatable bonds is 5. The molecule has 3 N–H and O–H groups in total. The molecule has 0 atom stereocenters. The summed E-state index contributed by atoms with van der Waals surface area (Å²) >= 11 is 1.93. The first-order valence-corrected chi connectivity index (χ1v) is 8.98. The van der Waals surface area contributed by atoms with E-state index in [-0.39, 0.29) is 36.3 Å². The van der Waals surface area contributed by atoms with Crippen molar-refractivity contribution in [2.75, 3.05) is 12.3 Å². The zero-order valence-corrected chi connectivity index (χ0v) is 15.9. The Morgan fingerprint density at radius 2 is 2.08 bits per heavy atom. The summed E-state index contributed by atoms with van der Waals surface area (Å²) < 4.78 is 16.4. The lowest BCUT2D eigenvalue weighted by Gasteiger charge is -2.14. The van der Waals surface area contributed by atoms with E-state index < -0.39 is 5.43 Å². The molecule has 0 aliphatic carbocycles. The maximum atomic E-state index is 14.3. The van der Waals surface area contributed by atoms with Gasteiger partial charge in [-0.05, 0) is 51.9 Å². The summed E-state index contributed by atoms with van der Waals surface area (Å²) in [6, 6.07) is 8.45. The van der Waals surface area contributed by atoms with E-state index in [0.29, 0.717) is 32.2 Å². The second-order valence-electron chi connectivity index (χ2n) is 5.92. The van der Waals surface area contributed by atoms with E-state index in [1.54, 1.807) is 34.9 Å². The third-order valence-corrected chi connectivity index (χ3v) is 5.02. The number of hydrogen-bond donors (Lipinski definition) is 2. The quantitative estimate of drug-likeness (QED) is 0.344. The summed E-state index contributed by atoms with van der Waals surface area (Å²) in [6.07, 6.45) is 2.15. The van der Waals surface area contributed by atoms with Crippen LogP contribution in [0, 0.1) is 9.39 Å². The fourth-order valence-electron chi connectivity index (χ4n) is 3.03. The second kappa shape index (κ2) is 7.55. The van der Waals surface area contributed by atoms with E-state index >= 15 is 0 Å². The molecule has 0 fully saturated rings. The molecule has 3 rings (SSSR count). The second-order valence-corrected chi connectivity index (χ2v) is 7.08. The van der Waals surface area contributed by atoms with Gasteiger partial charge in [0, 0.05) is 28.1 Å². The molecule has 0 unspecified atom stereocenters. The molecule has 5 nitrogen and oxygen atoms in total. The summed E-state index contributed by atoms with van der Waals surface area (Å²) in [4.78, 5) is 23.8. The molecular weight excluding hydrogens is 450 g/mol. The fourth-order valence-corrected chi connectivity index (χ4v) is 3.59. The van der Waals surface area contributed by atoms with Gasteiger partial charge in [0.05, 0.1) is 23.4 Å². The maximum absolute atomic E-state index is 14.3. The highest BCUT2D eigenvalue weighted by molar-refractivity contribution is 14.1. The lowest BCUT2D eigenvalue weighted by atomic mass is 10.0. The van der Waals surface area contributed by atoms with Crippen LogP contribution in [0.3, 0.4) is 0 Å². The van der Waals surface area contributed by atoms with Crippen LogP contribution in [-0.4, -0.2) is 22.6 Å². The molecular formula is C19H16FIN2O3. The highest BCUT2D eigenvalue weighted by Gasteiger charge is 2.14. The molecule has 0 bridgehead atoms. The zero-order valence-electron chi connectivity index (χ0n) is 13.7. The van der Waals surface area contributed by atoms with Crippen molar-refractivity contribution >= 4 is 45.5 Å². The standard InChI is InChI=1S/C19H16FIN2O3/c20-17-12(2-1-3-15(17)21)6-11-7-14-18(16(22)8-11)23(4-5-24)9-13(10-25)19(14)26/h1-3,7-10,24H,4-6,22H2. The minimum Gasteiger partial charge on any atom is -0.397 e. The van der Waals surface area contributed by atoms with Crippen molar-refractivity contribution in [2.24, 2.45) is 0 Å². The summed E-state index contributed by atoms with van der Waals surface area (Å²) in [7, 11) is 0. The molecule has 0 radical (unpaired) electrons. The SMILES string of the molecule is Nc1cc(Cc2cccc(I)c2F)cc2c(=O)c(C=O)cn(CCO)c12. The number of aldehydes is 1. The molecule has 0 aliphatic rings. The number of aromatic nitrogens is 1. The fraction of sp³-hybridized carbons (Fsp3) is 0.158. The number of aliphatic hydroxyl groups excluding tert-OH is 1. The summed E-state index contributed by atoms with van der Waals surface area (Å²) in [5.41, 5.74) is 7.67. The molecule has 1 heterocycles. The van der Waals surface area contributed by atoms with E-state index in [2.05, 4.69) is 0 Å². The van der Waals surface area contributed by atoms with Crippen molar-refractivity contribution in [3.63, 3.8) is 0 Å². The number of hydrogen-bond acceptors (Lipinski definition) is 4. The Balaban J connectivity index is 2.21. The first-order valence-electron chi connectivity index (χ1n) is 7.90. The smallest absolute Gasteiger partial charge is 0.199 e. The molecule has 0 aliphatic heterocycles. The normalized spacial score (nSPS) is 11.0. The summed E-state index contributed by atoms with van der Waals surface area (Å²) in [5.74, 6) is -0.300. The van der Waals surface area contributed by atoms with Crippen molar-refractivity contribution in [3.8, 4) is 0 Å². The van der Waals surface area contributed by atoms with E-state index in [1.807, 2.05) is 22.6 Å². The predicted molar refractivity (Wildman–Crippen MR) is 107 cm³/mol. The number of nitrogens with zero attached hydrogens (tertiary/aromatic N) is 1. The van der Waals surface area contributed by atoms with E-state index in [4.69, 9.17) is 5.73 Å².